The average molecular weight is 430 g/mol. The van der Waals surface area contributed by atoms with Crippen molar-refractivity contribution >= 4 is 23.7 Å². The molecule has 1 saturated heterocycles. The summed E-state index contributed by atoms with van der Waals surface area (Å²) in [6.07, 6.45) is 3.87. The summed E-state index contributed by atoms with van der Waals surface area (Å²) in [5.74, 6) is -5.01. The number of carbonyl (C=O) groups is 4. The van der Waals surface area contributed by atoms with Crippen molar-refractivity contribution < 1.29 is 33.4 Å². The van der Waals surface area contributed by atoms with Crippen molar-refractivity contribution in [3.63, 3.8) is 0 Å². The second kappa shape index (κ2) is 6.53. The zero-order chi connectivity index (χ0) is 23.0. The first-order valence-corrected chi connectivity index (χ1v) is 10.9. The molecule has 2 fully saturated rings. The number of carbonyl (C=O) groups excluding carboxylic acids is 4. The van der Waals surface area contributed by atoms with Gasteiger partial charge in [0.05, 0.1) is 5.92 Å². The molecule has 5 atom stereocenters. The predicted octanol–water partition coefficient (Wildman–Crippen LogP) is 3.41. The summed E-state index contributed by atoms with van der Waals surface area (Å²) < 4.78 is 17.1. The van der Waals surface area contributed by atoms with Gasteiger partial charge in [-0.25, -0.2) is 0 Å². The molecule has 1 aliphatic heterocycles. The second-order valence-electron chi connectivity index (χ2n) is 10.3. The van der Waals surface area contributed by atoms with Crippen LogP contribution in [0.25, 0.3) is 0 Å². The van der Waals surface area contributed by atoms with Gasteiger partial charge in [-0.05, 0) is 36.7 Å². The molecule has 31 heavy (non-hydrogen) atoms. The first kappa shape index (κ1) is 21.8. The van der Waals surface area contributed by atoms with E-state index in [1.807, 2.05) is 20.8 Å². The molecule has 0 aromatic rings. The van der Waals surface area contributed by atoms with Gasteiger partial charge >= 0.3 is 23.7 Å². The van der Waals surface area contributed by atoms with Gasteiger partial charge in [-0.3, -0.25) is 19.2 Å². The molecule has 168 valence electrons. The highest BCUT2D eigenvalue weighted by molar-refractivity contribution is 6.11. The lowest BCUT2D eigenvalue weighted by Gasteiger charge is -2.55. The van der Waals surface area contributed by atoms with Crippen LogP contribution in [0.5, 0.6) is 0 Å². The van der Waals surface area contributed by atoms with Crippen molar-refractivity contribution in [3.8, 4) is 0 Å². The first-order chi connectivity index (χ1) is 14.4. The first-order valence-electron chi connectivity index (χ1n) is 10.9. The summed E-state index contributed by atoms with van der Waals surface area (Å²) >= 11 is 0. The van der Waals surface area contributed by atoms with Crippen LogP contribution >= 0.6 is 0 Å². The SMILES string of the molecule is C=C[C@@]1(C)CCC2=C(C(=O)[C@]3(OC(C)=O)OC(=O)[C@@]24CCCC(C)(C)[C@H]34)C1OC(C)=O. The Morgan fingerprint density at radius 1 is 1.10 bits per heavy atom. The summed E-state index contributed by atoms with van der Waals surface area (Å²) in [5, 5.41) is 0. The summed E-state index contributed by atoms with van der Waals surface area (Å²) in [7, 11) is 0. The Hall–Kier alpha value is -2.44. The molecule has 0 N–H and O–H groups in total. The molecule has 0 radical (unpaired) electrons. The third-order valence-electron chi connectivity index (χ3n) is 7.90. The van der Waals surface area contributed by atoms with Gasteiger partial charge in [0.1, 0.15) is 11.5 Å². The molecule has 3 aliphatic carbocycles. The number of hydrogen-bond acceptors (Lipinski definition) is 7. The minimum atomic E-state index is -2.04. The van der Waals surface area contributed by atoms with Gasteiger partial charge in [0, 0.05) is 24.8 Å². The van der Waals surface area contributed by atoms with E-state index < -0.39 is 57.7 Å². The minimum absolute atomic E-state index is 0.241. The highest BCUT2D eigenvalue weighted by Gasteiger charge is 2.80. The lowest BCUT2D eigenvalue weighted by molar-refractivity contribution is -0.234. The molecule has 0 aromatic carbocycles. The third-order valence-corrected chi connectivity index (χ3v) is 7.90. The molecule has 4 rings (SSSR count). The normalized spacial score (nSPS) is 40.4. The maximum atomic E-state index is 14.1. The van der Waals surface area contributed by atoms with Crippen LogP contribution in [0.3, 0.4) is 0 Å². The quantitative estimate of drug-likeness (QED) is 0.500. The van der Waals surface area contributed by atoms with E-state index in [2.05, 4.69) is 6.58 Å². The van der Waals surface area contributed by atoms with Gasteiger partial charge in [-0.1, -0.05) is 33.3 Å². The fourth-order valence-corrected chi connectivity index (χ4v) is 6.71. The van der Waals surface area contributed by atoms with Crippen LogP contribution < -0.4 is 0 Å². The number of ketones is 1. The fraction of sp³-hybridized carbons (Fsp3) is 0.667. The molecule has 2 bridgehead atoms. The predicted molar refractivity (Wildman–Crippen MR) is 109 cm³/mol. The Kier molecular flexibility index (Phi) is 4.59. The molecular weight excluding hydrogens is 400 g/mol. The average Bonchev–Trinajstić information content (AvgIpc) is 2.88. The van der Waals surface area contributed by atoms with E-state index in [9.17, 15) is 19.2 Å². The zero-order valence-corrected chi connectivity index (χ0v) is 18.8. The van der Waals surface area contributed by atoms with Crippen molar-refractivity contribution in [2.75, 3.05) is 0 Å². The fourth-order valence-electron chi connectivity index (χ4n) is 6.71. The maximum absolute atomic E-state index is 14.1. The number of rotatable bonds is 3. The molecular formula is C24H30O7. The van der Waals surface area contributed by atoms with Gasteiger partial charge < -0.3 is 14.2 Å². The lowest BCUT2D eigenvalue weighted by Crippen LogP contribution is -2.63. The summed E-state index contributed by atoms with van der Waals surface area (Å²) in [6, 6.07) is 0. The Morgan fingerprint density at radius 2 is 1.77 bits per heavy atom. The second-order valence-corrected chi connectivity index (χ2v) is 10.3. The highest BCUT2D eigenvalue weighted by atomic mass is 16.7. The lowest BCUT2D eigenvalue weighted by atomic mass is 9.46. The Morgan fingerprint density at radius 3 is 2.35 bits per heavy atom. The molecule has 1 unspecified atom stereocenters. The number of hydrogen-bond donors (Lipinski definition) is 0. The maximum Gasteiger partial charge on any atom is 0.325 e. The van der Waals surface area contributed by atoms with Gasteiger partial charge in [0.15, 0.2) is 0 Å². The summed E-state index contributed by atoms with van der Waals surface area (Å²) in [4.78, 5) is 51.8. The number of Topliss-reactive ketones (excluding diaryl/α,β-unsaturated/α-hetero) is 1. The molecule has 7 heteroatoms. The van der Waals surface area contributed by atoms with Gasteiger partial charge in [-0.2, -0.15) is 0 Å². The van der Waals surface area contributed by atoms with Crippen LogP contribution in [0.15, 0.2) is 23.8 Å². The monoisotopic (exact) mass is 430 g/mol. The van der Waals surface area contributed by atoms with Crippen molar-refractivity contribution in [3.05, 3.63) is 23.8 Å². The van der Waals surface area contributed by atoms with Crippen LogP contribution in [-0.4, -0.2) is 35.6 Å². The van der Waals surface area contributed by atoms with Crippen LogP contribution in [0.2, 0.25) is 0 Å². The molecule has 1 heterocycles. The summed E-state index contributed by atoms with van der Waals surface area (Å²) in [6.45, 7) is 12.3. The van der Waals surface area contributed by atoms with E-state index >= 15 is 0 Å². The number of esters is 3. The standard InChI is InChI=1S/C24H30O7/c1-7-22(6)12-9-15-16(18(22)29-13(2)25)17(27)24(30-14(3)26)19-21(4,5)10-8-11-23(15,19)20(28)31-24/h7,18-19H,1,8-12H2,2-6H3/t18?,19-,22-,23-,24-/m0/s1. The van der Waals surface area contributed by atoms with Crippen molar-refractivity contribution in [2.45, 2.75) is 78.6 Å². The molecule has 7 nitrogen and oxygen atoms in total. The van der Waals surface area contributed by atoms with Crippen LogP contribution in [0, 0.1) is 22.2 Å². The van der Waals surface area contributed by atoms with E-state index in [-0.39, 0.29) is 5.57 Å². The largest absolute Gasteiger partial charge is 0.457 e. The van der Waals surface area contributed by atoms with Crippen LogP contribution in [-0.2, 0) is 33.4 Å². The van der Waals surface area contributed by atoms with Gasteiger partial charge in [0.25, 0.3) is 0 Å². The Bertz CT molecular complexity index is 944. The number of ether oxygens (including phenoxy) is 3. The van der Waals surface area contributed by atoms with Gasteiger partial charge in [-0.15, -0.1) is 6.58 Å². The topological polar surface area (TPSA) is 96.0 Å². The van der Waals surface area contributed by atoms with E-state index in [0.717, 1.165) is 12.8 Å². The molecule has 1 saturated carbocycles. The van der Waals surface area contributed by atoms with Crippen LogP contribution in [0.1, 0.15) is 66.7 Å². The van der Waals surface area contributed by atoms with Crippen LogP contribution in [0.4, 0.5) is 0 Å². The van der Waals surface area contributed by atoms with Crippen molar-refractivity contribution in [1.29, 1.82) is 0 Å². The zero-order valence-electron chi connectivity index (χ0n) is 18.8. The third kappa shape index (κ3) is 2.64. The van der Waals surface area contributed by atoms with E-state index in [1.54, 1.807) is 6.08 Å². The molecule has 0 aromatic heterocycles. The Balaban J connectivity index is 2.05. The van der Waals surface area contributed by atoms with E-state index in [1.165, 1.54) is 13.8 Å². The van der Waals surface area contributed by atoms with Crippen molar-refractivity contribution in [1.82, 2.24) is 0 Å². The molecule has 0 spiro atoms. The summed E-state index contributed by atoms with van der Waals surface area (Å²) in [5.41, 5.74) is -1.32. The Labute approximate surface area is 182 Å². The molecule has 0 amide bonds. The van der Waals surface area contributed by atoms with Crippen molar-refractivity contribution in [2.24, 2.45) is 22.2 Å². The van der Waals surface area contributed by atoms with E-state index in [4.69, 9.17) is 14.2 Å². The minimum Gasteiger partial charge on any atom is -0.457 e. The highest BCUT2D eigenvalue weighted by Crippen LogP contribution is 2.70. The van der Waals surface area contributed by atoms with Gasteiger partial charge in [0.2, 0.25) is 5.78 Å². The molecule has 4 aliphatic rings. The smallest absolute Gasteiger partial charge is 0.325 e. The van der Waals surface area contributed by atoms with E-state index in [0.29, 0.717) is 24.8 Å².